The van der Waals surface area contributed by atoms with Gasteiger partial charge in [-0.15, -0.1) is 0 Å². The Labute approximate surface area is 96.6 Å². The molecule has 1 amide bonds. The molecule has 0 aromatic carbocycles. The molecule has 0 spiro atoms. The van der Waals surface area contributed by atoms with E-state index in [9.17, 15) is 4.79 Å². The van der Waals surface area contributed by atoms with Gasteiger partial charge in [-0.05, 0) is 32.6 Å². The van der Waals surface area contributed by atoms with Gasteiger partial charge in [0.2, 0.25) is 5.91 Å². The zero-order valence-electron chi connectivity index (χ0n) is 9.89. The molecule has 1 aliphatic carbocycles. The Morgan fingerprint density at radius 1 is 1.50 bits per heavy atom. The second-order valence-electron chi connectivity index (χ2n) is 4.92. The highest BCUT2D eigenvalue weighted by molar-refractivity contribution is 5.79. The first-order valence-corrected chi connectivity index (χ1v) is 6.25. The predicted molar refractivity (Wildman–Crippen MR) is 60.0 cm³/mol. The van der Waals surface area contributed by atoms with Crippen LogP contribution in [0.15, 0.2) is 0 Å². The van der Waals surface area contributed by atoms with Gasteiger partial charge in [-0.2, -0.15) is 0 Å². The molecule has 0 aromatic rings. The number of aliphatic hydroxyl groups is 1. The first-order valence-electron chi connectivity index (χ1n) is 6.25. The molecule has 92 valence electrons. The Morgan fingerprint density at radius 3 is 2.69 bits per heavy atom. The molecule has 2 unspecified atom stereocenters. The van der Waals surface area contributed by atoms with Gasteiger partial charge in [0, 0.05) is 12.6 Å². The van der Waals surface area contributed by atoms with E-state index in [4.69, 9.17) is 9.84 Å². The van der Waals surface area contributed by atoms with E-state index in [1.54, 1.807) is 0 Å². The SMILES string of the molecule is CC1CC(C(=O)N(CCO)C2CCC2)CO1. The van der Waals surface area contributed by atoms with Crippen LogP contribution in [0.2, 0.25) is 0 Å². The molecule has 2 rings (SSSR count). The van der Waals surface area contributed by atoms with E-state index in [0.717, 1.165) is 19.3 Å². The number of amides is 1. The van der Waals surface area contributed by atoms with Crippen LogP contribution in [0.25, 0.3) is 0 Å². The highest BCUT2D eigenvalue weighted by Crippen LogP contribution is 2.28. The van der Waals surface area contributed by atoms with E-state index in [2.05, 4.69) is 0 Å². The minimum atomic E-state index is 0.0159. The second-order valence-corrected chi connectivity index (χ2v) is 4.92. The molecule has 2 fully saturated rings. The van der Waals surface area contributed by atoms with E-state index < -0.39 is 0 Å². The highest BCUT2D eigenvalue weighted by Gasteiger charge is 2.35. The van der Waals surface area contributed by atoms with Crippen molar-refractivity contribution in [1.29, 1.82) is 0 Å². The van der Waals surface area contributed by atoms with Crippen molar-refractivity contribution in [2.75, 3.05) is 19.8 Å². The van der Waals surface area contributed by atoms with Crippen LogP contribution in [0.5, 0.6) is 0 Å². The summed E-state index contributed by atoms with van der Waals surface area (Å²) >= 11 is 0. The minimum absolute atomic E-state index is 0.0159. The topological polar surface area (TPSA) is 49.8 Å². The summed E-state index contributed by atoms with van der Waals surface area (Å²) in [6.45, 7) is 3.10. The monoisotopic (exact) mass is 227 g/mol. The molecule has 1 saturated heterocycles. The molecule has 0 bridgehead atoms. The summed E-state index contributed by atoms with van der Waals surface area (Å²) in [5.74, 6) is 0.199. The number of nitrogens with zero attached hydrogens (tertiary/aromatic N) is 1. The first-order chi connectivity index (χ1) is 7.72. The van der Waals surface area contributed by atoms with Gasteiger partial charge in [-0.1, -0.05) is 0 Å². The zero-order valence-corrected chi connectivity index (χ0v) is 9.89. The van der Waals surface area contributed by atoms with E-state index in [1.807, 2.05) is 11.8 Å². The van der Waals surface area contributed by atoms with Crippen molar-refractivity contribution < 1.29 is 14.6 Å². The van der Waals surface area contributed by atoms with Gasteiger partial charge in [0.25, 0.3) is 0 Å². The number of hydrogen-bond donors (Lipinski definition) is 1. The quantitative estimate of drug-likeness (QED) is 0.772. The number of hydrogen-bond acceptors (Lipinski definition) is 3. The Kier molecular flexibility index (Phi) is 3.82. The van der Waals surface area contributed by atoms with Gasteiger partial charge in [-0.3, -0.25) is 4.79 Å². The third-order valence-corrected chi connectivity index (χ3v) is 3.69. The highest BCUT2D eigenvalue weighted by atomic mass is 16.5. The van der Waals surface area contributed by atoms with Crippen LogP contribution < -0.4 is 0 Å². The van der Waals surface area contributed by atoms with Crippen molar-refractivity contribution in [1.82, 2.24) is 4.90 Å². The lowest BCUT2D eigenvalue weighted by Crippen LogP contribution is -2.48. The number of rotatable bonds is 4. The standard InChI is InChI=1S/C12H21NO3/c1-9-7-10(8-16-9)12(15)13(5-6-14)11-3-2-4-11/h9-11,14H,2-8H2,1H3. The summed E-state index contributed by atoms with van der Waals surface area (Å²) in [4.78, 5) is 14.1. The van der Waals surface area contributed by atoms with Crippen molar-refractivity contribution in [2.24, 2.45) is 5.92 Å². The molecule has 1 heterocycles. The minimum Gasteiger partial charge on any atom is -0.395 e. The van der Waals surface area contributed by atoms with Gasteiger partial charge in [0.05, 0.1) is 25.2 Å². The molecule has 4 nitrogen and oxygen atoms in total. The Morgan fingerprint density at radius 2 is 2.25 bits per heavy atom. The maximum Gasteiger partial charge on any atom is 0.228 e. The van der Waals surface area contributed by atoms with Crippen molar-refractivity contribution in [3.63, 3.8) is 0 Å². The fourth-order valence-electron chi connectivity index (χ4n) is 2.50. The van der Waals surface area contributed by atoms with Crippen LogP contribution in [0.4, 0.5) is 0 Å². The number of ether oxygens (including phenoxy) is 1. The maximum absolute atomic E-state index is 12.3. The van der Waals surface area contributed by atoms with Crippen LogP contribution in [-0.2, 0) is 9.53 Å². The van der Waals surface area contributed by atoms with Crippen LogP contribution in [0.3, 0.4) is 0 Å². The molecular formula is C12H21NO3. The molecule has 2 atom stereocenters. The fourth-order valence-corrected chi connectivity index (χ4v) is 2.50. The Hall–Kier alpha value is -0.610. The fraction of sp³-hybridized carbons (Fsp3) is 0.917. The summed E-state index contributed by atoms with van der Waals surface area (Å²) < 4.78 is 5.44. The van der Waals surface area contributed by atoms with Crippen molar-refractivity contribution in [3.05, 3.63) is 0 Å². The molecule has 0 aromatic heterocycles. The number of aliphatic hydroxyl groups excluding tert-OH is 1. The van der Waals surface area contributed by atoms with Crippen molar-refractivity contribution in [2.45, 2.75) is 44.8 Å². The summed E-state index contributed by atoms with van der Waals surface area (Å²) in [7, 11) is 0. The molecule has 16 heavy (non-hydrogen) atoms. The van der Waals surface area contributed by atoms with Crippen molar-refractivity contribution in [3.8, 4) is 0 Å². The smallest absolute Gasteiger partial charge is 0.228 e. The average Bonchev–Trinajstić information content (AvgIpc) is 2.60. The molecule has 2 aliphatic rings. The van der Waals surface area contributed by atoms with E-state index >= 15 is 0 Å². The lowest BCUT2D eigenvalue weighted by atomic mass is 9.90. The van der Waals surface area contributed by atoms with E-state index in [1.165, 1.54) is 6.42 Å². The summed E-state index contributed by atoms with van der Waals surface area (Å²) in [5, 5.41) is 9.02. The third-order valence-electron chi connectivity index (χ3n) is 3.69. The summed E-state index contributed by atoms with van der Waals surface area (Å²) in [5.41, 5.74) is 0. The number of carbonyl (C=O) groups is 1. The molecular weight excluding hydrogens is 206 g/mol. The van der Waals surface area contributed by atoms with Crippen LogP contribution in [0, 0.1) is 5.92 Å². The lowest BCUT2D eigenvalue weighted by molar-refractivity contribution is -0.140. The zero-order chi connectivity index (χ0) is 11.5. The van der Waals surface area contributed by atoms with Gasteiger partial charge < -0.3 is 14.7 Å². The largest absolute Gasteiger partial charge is 0.395 e. The van der Waals surface area contributed by atoms with Crippen LogP contribution >= 0.6 is 0 Å². The number of carbonyl (C=O) groups excluding carboxylic acids is 1. The molecule has 1 saturated carbocycles. The summed E-state index contributed by atoms with van der Waals surface area (Å²) in [6, 6.07) is 0.371. The average molecular weight is 227 g/mol. The molecule has 1 N–H and O–H groups in total. The van der Waals surface area contributed by atoms with Crippen molar-refractivity contribution >= 4 is 5.91 Å². The van der Waals surface area contributed by atoms with Crippen LogP contribution in [-0.4, -0.2) is 47.8 Å². The molecule has 0 radical (unpaired) electrons. The van der Waals surface area contributed by atoms with Gasteiger partial charge >= 0.3 is 0 Å². The van der Waals surface area contributed by atoms with Gasteiger partial charge in [0.15, 0.2) is 0 Å². The first kappa shape index (κ1) is 11.9. The molecule has 4 heteroatoms. The molecule has 1 aliphatic heterocycles. The van der Waals surface area contributed by atoms with E-state index in [-0.39, 0.29) is 24.5 Å². The second kappa shape index (κ2) is 5.15. The third kappa shape index (κ3) is 2.38. The normalized spacial score (nSPS) is 30.1. The van der Waals surface area contributed by atoms with Crippen LogP contribution in [0.1, 0.15) is 32.6 Å². The lowest BCUT2D eigenvalue weighted by Gasteiger charge is -2.38. The summed E-state index contributed by atoms with van der Waals surface area (Å²) in [6.07, 6.45) is 4.42. The van der Waals surface area contributed by atoms with Gasteiger partial charge in [-0.25, -0.2) is 0 Å². The Bertz CT molecular complexity index is 253. The Balaban J connectivity index is 1.93. The predicted octanol–water partition coefficient (Wildman–Crippen LogP) is 0.785. The van der Waals surface area contributed by atoms with E-state index in [0.29, 0.717) is 19.2 Å². The van der Waals surface area contributed by atoms with Gasteiger partial charge in [0.1, 0.15) is 0 Å². The maximum atomic E-state index is 12.3.